The Morgan fingerprint density at radius 3 is 1.28 bits per heavy atom. The molecule has 0 spiro atoms. The fourth-order valence-electron chi connectivity index (χ4n) is 7.08. The van der Waals surface area contributed by atoms with Crippen molar-refractivity contribution in [2.24, 2.45) is 0 Å². The number of anilines is 6. The van der Waals surface area contributed by atoms with Gasteiger partial charge in [0, 0.05) is 78.0 Å². The second-order valence-electron chi connectivity index (χ2n) is 15.4. The first-order valence-corrected chi connectivity index (χ1v) is 21.6. The zero-order valence-electron chi connectivity index (χ0n) is 38.5. The Bertz CT molecular complexity index is 3030. The van der Waals surface area contributed by atoms with Crippen molar-refractivity contribution < 1.29 is 68.5 Å². The van der Waals surface area contributed by atoms with Crippen LogP contribution in [0.15, 0.2) is 164 Å². The van der Waals surface area contributed by atoms with E-state index in [1.54, 1.807) is 42.8 Å². The van der Waals surface area contributed by atoms with Gasteiger partial charge in [-0.05, 0) is 60.1 Å². The summed E-state index contributed by atoms with van der Waals surface area (Å²) in [5, 5.41) is 16.4. The molecule has 6 heterocycles. The van der Waals surface area contributed by atoms with Crippen LogP contribution in [0.4, 0.5) is 60.9 Å². The Hall–Kier alpha value is -8.01. The largest absolute Gasteiger partial charge is 0.502 e. The molecule has 0 amide bonds. The van der Waals surface area contributed by atoms with Gasteiger partial charge in [0.1, 0.15) is 17.5 Å². The third-order valence-electron chi connectivity index (χ3n) is 10.5. The number of pyridine rings is 1. The second-order valence-corrected chi connectivity index (χ2v) is 15.4. The molecule has 0 radical (unpaired) electrons. The standard InChI is InChI=1S/2C14H10N3.C13H8F3N3.C12H7F3N4.2Pt/c2*1-3-7-11(8-4-1)13-15-14(17-16-13)12-9-5-2-6-10-12;1-18-7-19(13-11(18)3-2-4-17-13)8-5-9(14)12(16)10(15)6-8;1-18-6-19(12-11(18)16-2-3-17-12)7-4-8(13)10(15)9(14)5-7;;/h2*1-10H;2-5,7H,1H3;2-4,6H,1H3;;/q2*-1;2*-2;;. The number of hydrogen-bond donors (Lipinski definition) is 0. The fourth-order valence-corrected chi connectivity index (χ4v) is 7.08. The molecule has 12 rings (SSSR count). The van der Waals surface area contributed by atoms with Crippen LogP contribution in [0.1, 0.15) is 0 Å². The monoisotopic (exact) mass is 1360 g/mol. The minimum absolute atomic E-state index is 0. The van der Waals surface area contributed by atoms with E-state index >= 15 is 0 Å². The molecule has 2 aliphatic rings. The summed E-state index contributed by atoms with van der Waals surface area (Å²) in [7, 11) is 3.49. The first-order chi connectivity index (χ1) is 35.0. The first kappa shape index (κ1) is 53.8. The van der Waals surface area contributed by atoms with Crippen molar-refractivity contribution in [3.05, 3.63) is 225 Å². The third kappa shape index (κ3) is 12.2. The van der Waals surface area contributed by atoms with E-state index in [2.05, 4.69) is 57.4 Å². The maximum absolute atomic E-state index is 13.3. The van der Waals surface area contributed by atoms with Gasteiger partial charge in [-0.2, -0.15) is 6.67 Å². The van der Waals surface area contributed by atoms with Crippen molar-refractivity contribution >= 4 is 34.5 Å². The minimum Gasteiger partial charge on any atom is -0.502 e. The third-order valence-corrected chi connectivity index (χ3v) is 10.5. The number of halogens is 6. The second kappa shape index (κ2) is 24.6. The molecular weight excluding hydrogens is 1320 g/mol. The molecule has 13 nitrogen and oxygen atoms in total. The predicted molar refractivity (Wildman–Crippen MR) is 259 cm³/mol. The van der Waals surface area contributed by atoms with Crippen LogP contribution >= 0.6 is 0 Å². The van der Waals surface area contributed by atoms with E-state index in [4.69, 9.17) is 0 Å². The Morgan fingerprint density at radius 2 is 0.838 bits per heavy atom. The molecule has 2 aliphatic heterocycles. The molecule has 380 valence electrons. The van der Waals surface area contributed by atoms with E-state index in [-0.39, 0.29) is 53.5 Å². The summed E-state index contributed by atoms with van der Waals surface area (Å²) in [4.78, 5) is 27.4. The smallest absolute Gasteiger partial charge is 0.143 e. The normalized spacial score (nSPS) is 11.9. The van der Waals surface area contributed by atoms with Crippen molar-refractivity contribution in [1.29, 1.82) is 0 Å². The fraction of sp³-hybridized carbons (Fsp3) is 0.0377. The van der Waals surface area contributed by atoms with E-state index in [0.717, 1.165) is 40.1 Å². The van der Waals surface area contributed by atoms with Crippen LogP contribution in [-0.2, 0) is 42.1 Å². The average Bonchev–Trinajstić information content (AvgIpc) is 4.26. The Balaban J connectivity index is 0.000000143. The molecule has 0 fully saturated rings. The van der Waals surface area contributed by atoms with Crippen LogP contribution in [0.5, 0.6) is 0 Å². The average molecular weight is 1360 g/mol. The molecule has 0 unspecified atom stereocenters. The number of fused-ring (bicyclic) bond motifs is 2. The van der Waals surface area contributed by atoms with Crippen molar-refractivity contribution in [3.8, 4) is 45.6 Å². The van der Waals surface area contributed by atoms with Gasteiger partial charge in [-0.3, -0.25) is 19.0 Å². The number of nitrogens with zero attached hydrogens (tertiary/aromatic N) is 13. The predicted octanol–water partition coefficient (Wildman–Crippen LogP) is 10.9. The summed E-state index contributed by atoms with van der Waals surface area (Å²) in [5.41, 5.74) is 4.80. The molecule has 0 saturated heterocycles. The van der Waals surface area contributed by atoms with Crippen LogP contribution in [0, 0.1) is 60.4 Å². The van der Waals surface area contributed by atoms with Gasteiger partial charge in [0.25, 0.3) is 0 Å². The van der Waals surface area contributed by atoms with Gasteiger partial charge in [-0.25, -0.2) is 32.5 Å². The zero-order valence-corrected chi connectivity index (χ0v) is 43.0. The van der Waals surface area contributed by atoms with Gasteiger partial charge in [0.15, 0.2) is 0 Å². The van der Waals surface area contributed by atoms with Crippen LogP contribution in [0.25, 0.3) is 45.6 Å². The molecule has 0 saturated carbocycles. The molecule has 0 bridgehead atoms. The van der Waals surface area contributed by atoms with Gasteiger partial charge in [0.05, 0.1) is 34.9 Å². The molecule has 10 aromatic rings. The van der Waals surface area contributed by atoms with E-state index < -0.39 is 34.9 Å². The molecular formula is C53H35F6N13Pt2-6. The van der Waals surface area contributed by atoms with E-state index in [1.165, 1.54) is 28.9 Å². The maximum atomic E-state index is 13.3. The van der Waals surface area contributed by atoms with Gasteiger partial charge in [-0.1, -0.05) is 133 Å². The first-order valence-electron chi connectivity index (χ1n) is 21.6. The molecule has 6 aromatic carbocycles. The molecule has 0 atom stereocenters. The van der Waals surface area contributed by atoms with Crippen molar-refractivity contribution in [3.63, 3.8) is 0 Å². The van der Waals surface area contributed by atoms with Crippen LogP contribution in [0.3, 0.4) is 0 Å². The van der Waals surface area contributed by atoms with Crippen molar-refractivity contribution in [1.82, 2.24) is 45.3 Å². The van der Waals surface area contributed by atoms with Crippen LogP contribution in [0.2, 0.25) is 0 Å². The van der Waals surface area contributed by atoms with E-state index in [0.29, 0.717) is 40.8 Å². The van der Waals surface area contributed by atoms with Gasteiger partial charge in [-0.15, -0.1) is 30.9 Å². The summed E-state index contributed by atoms with van der Waals surface area (Å²) >= 11 is 0. The maximum Gasteiger partial charge on any atom is 0.143 e. The summed E-state index contributed by atoms with van der Waals surface area (Å²) in [6.07, 6.45) is 4.52. The van der Waals surface area contributed by atoms with E-state index in [9.17, 15) is 26.3 Å². The molecule has 0 N–H and O–H groups in total. The molecule has 21 heteroatoms. The Labute approximate surface area is 449 Å². The number of hydrogen-bond acceptors (Lipinski definition) is 11. The van der Waals surface area contributed by atoms with Crippen molar-refractivity contribution in [2.75, 3.05) is 33.7 Å². The number of aromatic nitrogens is 9. The summed E-state index contributed by atoms with van der Waals surface area (Å²) < 4.78 is 78.8. The molecule has 0 aliphatic carbocycles. The van der Waals surface area contributed by atoms with Crippen LogP contribution < -0.4 is 29.8 Å². The van der Waals surface area contributed by atoms with Crippen molar-refractivity contribution in [2.45, 2.75) is 0 Å². The SMILES string of the molecule is CN1[CH-]N(c2[c-]c(F)c(F)c(F)c2)c2ncccc21.CN1[CH-]N(c2[c-]c(F)c(F)c(F)c2)c2nccnc21.[Pt].[Pt].c1ccc(-c2n[n-]c(-c3ccccc3)n2)cc1.c1ccc(-c2n[n-]c(-c3ccccc3)n2)cc1. The van der Waals surface area contributed by atoms with Gasteiger partial charge < -0.3 is 39.8 Å². The van der Waals surface area contributed by atoms with E-state index in [1.807, 2.05) is 127 Å². The Kier molecular flexibility index (Phi) is 17.9. The molecule has 74 heavy (non-hydrogen) atoms. The van der Waals surface area contributed by atoms with Gasteiger partial charge >= 0.3 is 0 Å². The minimum atomic E-state index is -1.55. The van der Waals surface area contributed by atoms with Crippen LogP contribution in [-0.4, -0.2) is 49.2 Å². The summed E-state index contributed by atoms with van der Waals surface area (Å²) in [5.74, 6) is -4.22. The summed E-state index contributed by atoms with van der Waals surface area (Å²) in [6, 6.07) is 49.0. The zero-order chi connectivity index (χ0) is 50.1. The number of benzene rings is 6. The Morgan fingerprint density at radius 1 is 0.446 bits per heavy atom. The number of rotatable bonds is 6. The quantitative estimate of drug-likeness (QED) is 0.0890. The topological polar surface area (TPSA) is 131 Å². The molecule has 4 aromatic heterocycles. The van der Waals surface area contributed by atoms with Gasteiger partial charge in [0.2, 0.25) is 0 Å². The summed E-state index contributed by atoms with van der Waals surface area (Å²) in [6.45, 7) is 3.13.